The number of Topliss-reactive ketones (excluding diaryl/α,β-unsaturated/α-hetero) is 1. The van der Waals surface area contributed by atoms with Crippen LogP contribution in [0.3, 0.4) is 0 Å². The smallest absolute Gasteiger partial charge is 0.192 e. The summed E-state index contributed by atoms with van der Waals surface area (Å²) in [5.74, 6) is -0.359. The first-order valence-corrected chi connectivity index (χ1v) is 10.2. The minimum Gasteiger partial charge on any atom is -0.394 e. The fourth-order valence-corrected chi connectivity index (χ4v) is 2.83. The van der Waals surface area contributed by atoms with E-state index in [-0.39, 0.29) is 41.3 Å². The lowest BCUT2D eigenvalue weighted by atomic mass is 10.1. The number of aliphatic hydroxyl groups excluding tert-OH is 2. The number of nitrogens with two attached hydrogens (primary N) is 3. The summed E-state index contributed by atoms with van der Waals surface area (Å²) >= 11 is 5.79. The van der Waals surface area contributed by atoms with Crippen LogP contribution in [-0.4, -0.2) is 57.6 Å². The van der Waals surface area contributed by atoms with Crippen molar-refractivity contribution in [3.63, 3.8) is 0 Å². The molecule has 9 N–H and O–H groups in total. The lowest BCUT2D eigenvalue weighted by molar-refractivity contribution is 0.0996. The zero-order valence-corrected chi connectivity index (χ0v) is 17.8. The molecule has 0 spiro atoms. The van der Waals surface area contributed by atoms with E-state index in [9.17, 15) is 9.90 Å². The lowest BCUT2D eigenvalue weighted by Gasteiger charge is -2.10. The summed E-state index contributed by atoms with van der Waals surface area (Å²) in [6.07, 6.45) is 1.69. The molecule has 2 aromatic rings. The number of anilines is 3. The van der Waals surface area contributed by atoms with Gasteiger partial charge in [-0.15, -0.1) is 0 Å². The van der Waals surface area contributed by atoms with Crippen molar-refractivity contribution in [2.75, 3.05) is 36.5 Å². The summed E-state index contributed by atoms with van der Waals surface area (Å²) in [5, 5.41) is 21.1. The van der Waals surface area contributed by atoms with E-state index in [0.29, 0.717) is 13.1 Å². The SMILES string of the molecule is NC(CC(=O)c1nc(Cl)c(N)nc1N)=NCCCCc1ccc(NC[C@@H](O)CO)cc1. The van der Waals surface area contributed by atoms with E-state index in [1.165, 1.54) is 5.56 Å². The van der Waals surface area contributed by atoms with Gasteiger partial charge in [-0.3, -0.25) is 9.79 Å². The van der Waals surface area contributed by atoms with E-state index in [4.69, 9.17) is 33.9 Å². The van der Waals surface area contributed by atoms with Crippen LogP contribution in [0.1, 0.15) is 35.3 Å². The summed E-state index contributed by atoms with van der Waals surface area (Å²) in [6.45, 7) is 0.522. The van der Waals surface area contributed by atoms with Gasteiger partial charge in [-0.1, -0.05) is 23.7 Å². The van der Waals surface area contributed by atoms with Crippen LogP contribution in [0.4, 0.5) is 17.3 Å². The van der Waals surface area contributed by atoms with Crippen molar-refractivity contribution in [1.29, 1.82) is 0 Å². The average Bonchev–Trinajstić information content (AvgIpc) is 2.75. The Morgan fingerprint density at radius 1 is 1.16 bits per heavy atom. The summed E-state index contributed by atoms with van der Waals surface area (Å²) in [5.41, 5.74) is 19.0. The van der Waals surface area contributed by atoms with Gasteiger partial charge in [-0.05, 0) is 37.0 Å². The van der Waals surface area contributed by atoms with Gasteiger partial charge in [0.15, 0.2) is 28.3 Å². The molecule has 0 saturated carbocycles. The normalized spacial score (nSPS) is 12.5. The van der Waals surface area contributed by atoms with Crippen LogP contribution in [0.5, 0.6) is 0 Å². The minimum atomic E-state index is -0.780. The van der Waals surface area contributed by atoms with Crippen LogP contribution >= 0.6 is 11.6 Å². The topological polar surface area (TPSA) is 186 Å². The number of carbonyl (C=O) groups excluding carboxylic acids is 1. The van der Waals surface area contributed by atoms with Gasteiger partial charge in [0.1, 0.15) is 5.84 Å². The standard InChI is InChI=1S/C20H28ClN7O3/c21-18-20(24)28-19(23)17(27-18)15(31)9-16(22)25-8-2-1-3-12-4-6-13(7-5-12)26-10-14(30)11-29/h4-7,14,26,29-30H,1-3,8-11H2,(H2,22,25)(H4,23,24,28)/t14-/m1/s1. The molecular weight excluding hydrogens is 422 g/mol. The molecule has 2 rings (SSSR count). The summed E-state index contributed by atoms with van der Waals surface area (Å²) in [6, 6.07) is 7.87. The number of nitrogen functional groups attached to an aromatic ring is 2. The second-order valence-corrected chi connectivity index (χ2v) is 7.34. The molecule has 0 fully saturated rings. The Morgan fingerprint density at radius 3 is 2.55 bits per heavy atom. The molecule has 0 bridgehead atoms. The third-order valence-electron chi connectivity index (χ3n) is 4.41. The van der Waals surface area contributed by atoms with Crippen molar-refractivity contribution in [2.45, 2.75) is 31.8 Å². The van der Waals surface area contributed by atoms with E-state index < -0.39 is 11.9 Å². The summed E-state index contributed by atoms with van der Waals surface area (Å²) in [7, 11) is 0. The van der Waals surface area contributed by atoms with Gasteiger partial charge in [0.25, 0.3) is 0 Å². The van der Waals surface area contributed by atoms with Crippen LogP contribution in [-0.2, 0) is 6.42 Å². The van der Waals surface area contributed by atoms with E-state index in [1.807, 2.05) is 24.3 Å². The zero-order chi connectivity index (χ0) is 22.8. The Hall–Kier alpha value is -2.95. The zero-order valence-electron chi connectivity index (χ0n) is 17.1. The number of ketones is 1. The van der Waals surface area contributed by atoms with E-state index in [0.717, 1.165) is 24.9 Å². The third-order valence-corrected chi connectivity index (χ3v) is 4.68. The van der Waals surface area contributed by atoms with Gasteiger partial charge in [-0.2, -0.15) is 0 Å². The molecule has 1 heterocycles. The van der Waals surface area contributed by atoms with Crippen molar-refractivity contribution in [3.8, 4) is 0 Å². The minimum absolute atomic E-state index is 0.0382. The Kier molecular flexibility index (Phi) is 9.44. The molecule has 0 aliphatic carbocycles. The van der Waals surface area contributed by atoms with Crippen molar-refractivity contribution in [2.24, 2.45) is 10.7 Å². The van der Waals surface area contributed by atoms with Crippen LogP contribution in [0.15, 0.2) is 29.3 Å². The van der Waals surface area contributed by atoms with Gasteiger partial charge >= 0.3 is 0 Å². The maximum Gasteiger partial charge on any atom is 0.192 e. The predicted octanol–water partition coefficient (Wildman–Crippen LogP) is 1.01. The third kappa shape index (κ3) is 8.00. The highest BCUT2D eigenvalue weighted by atomic mass is 35.5. The van der Waals surface area contributed by atoms with E-state index >= 15 is 0 Å². The van der Waals surface area contributed by atoms with Crippen LogP contribution in [0.25, 0.3) is 0 Å². The Labute approximate surface area is 185 Å². The maximum atomic E-state index is 12.3. The Morgan fingerprint density at radius 2 is 1.87 bits per heavy atom. The van der Waals surface area contributed by atoms with Gasteiger partial charge < -0.3 is 32.7 Å². The monoisotopic (exact) mass is 449 g/mol. The molecule has 0 amide bonds. The van der Waals surface area contributed by atoms with Crippen molar-refractivity contribution < 1.29 is 15.0 Å². The van der Waals surface area contributed by atoms with Gasteiger partial charge in [0, 0.05) is 18.8 Å². The summed E-state index contributed by atoms with van der Waals surface area (Å²) < 4.78 is 0. The first-order chi connectivity index (χ1) is 14.8. The average molecular weight is 450 g/mol. The van der Waals surface area contributed by atoms with Crippen LogP contribution < -0.4 is 22.5 Å². The molecule has 0 saturated heterocycles. The first kappa shape index (κ1) is 24.3. The molecule has 0 aliphatic heterocycles. The molecular formula is C20H28ClN7O3. The number of rotatable bonds is 12. The van der Waals surface area contributed by atoms with E-state index in [2.05, 4.69) is 20.3 Å². The number of benzene rings is 1. The van der Waals surface area contributed by atoms with Crippen molar-refractivity contribution in [1.82, 2.24) is 9.97 Å². The largest absolute Gasteiger partial charge is 0.394 e. The number of aryl methyl sites for hydroxylation is 1. The number of halogens is 1. The molecule has 0 radical (unpaired) electrons. The second kappa shape index (κ2) is 12.0. The highest BCUT2D eigenvalue weighted by Gasteiger charge is 2.17. The number of carbonyl (C=O) groups is 1. The van der Waals surface area contributed by atoms with Crippen molar-refractivity contribution in [3.05, 3.63) is 40.7 Å². The fraction of sp³-hybridized carbons (Fsp3) is 0.400. The van der Waals surface area contributed by atoms with Gasteiger partial charge in [0.2, 0.25) is 0 Å². The number of aliphatic hydroxyl groups is 2. The molecule has 0 unspecified atom stereocenters. The number of nitrogens with zero attached hydrogens (tertiary/aromatic N) is 3. The lowest BCUT2D eigenvalue weighted by Crippen LogP contribution is -2.22. The molecule has 1 aromatic carbocycles. The van der Waals surface area contributed by atoms with Crippen molar-refractivity contribution >= 4 is 40.5 Å². The molecule has 10 nitrogen and oxygen atoms in total. The van der Waals surface area contributed by atoms with Gasteiger partial charge in [-0.25, -0.2) is 9.97 Å². The number of aromatic nitrogens is 2. The maximum absolute atomic E-state index is 12.3. The highest BCUT2D eigenvalue weighted by molar-refractivity contribution is 6.31. The quantitative estimate of drug-likeness (QED) is 0.119. The number of hydrogen-bond acceptors (Lipinski definition) is 9. The fourth-order valence-electron chi connectivity index (χ4n) is 2.70. The first-order valence-electron chi connectivity index (χ1n) is 9.82. The Bertz CT molecular complexity index is 906. The number of unbranched alkanes of at least 4 members (excludes halogenated alkanes) is 1. The molecule has 168 valence electrons. The number of hydrogen-bond donors (Lipinski definition) is 6. The van der Waals surface area contributed by atoms with Gasteiger partial charge in [0.05, 0.1) is 19.1 Å². The number of aliphatic imine (C=N–C) groups is 1. The van der Waals surface area contributed by atoms with Crippen LogP contribution in [0, 0.1) is 0 Å². The molecule has 1 atom stereocenters. The van der Waals surface area contributed by atoms with E-state index in [1.54, 1.807) is 0 Å². The highest BCUT2D eigenvalue weighted by Crippen LogP contribution is 2.18. The second-order valence-electron chi connectivity index (χ2n) is 6.98. The predicted molar refractivity (Wildman–Crippen MR) is 122 cm³/mol. The van der Waals surface area contributed by atoms with Crippen LogP contribution in [0.2, 0.25) is 5.15 Å². The molecule has 31 heavy (non-hydrogen) atoms. The summed E-state index contributed by atoms with van der Waals surface area (Å²) in [4.78, 5) is 24.1. The number of nitrogens with one attached hydrogen (secondary N) is 1. The number of amidine groups is 1. The molecule has 11 heteroatoms. The molecule has 0 aliphatic rings. The Balaban J connectivity index is 1.73. The molecule has 1 aromatic heterocycles.